The molecule has 1 aromatic rings. The first kappa shape index (κ1) is 11.8. The summed E-state index contributed by atoms with van der Waals surface area (Å²) in [5, 5.41) is 20.5. The number of nitro groups is 1. The molecule has 0 unspecified atom stereocenters. The van der Waals surface area contributed by atoms with Gasteiger partial charge in [-0.2, -0.15) is 0 Å². The Bertz CT molecular complexity index is 264. The van der Waals surface area contributed by atoms with Gasteiger partial charge in [0.1, 0.15) is 4.33 Å². The van der Waals surface area contributed by atoms with Crippen LogP contribution in [0.15, 0.2) is 29.2 Å². The second kappa shape index (κ2) is 5.42. The number of hydrogen-bond acceptors (Lipinski definition) is 4. The summed E-state index contributed by atoms with van der Waals surface area (Å²) in [5.74, 6) is -0.141. The van der Waals surface area contributed by atoms with Crippen molar-refractivity contribution in [3.05, 3.63) is 34.4 Å². The summed E-state index contributed by atoms with van der Waals surface area (Å²) in [7, 11) is 0. The van der Waals surface area contributed by atoms with Crippen LogP contribution in [-0.2, 0) is 0 Å². The van der Waals surface area contributed by atoms with E-state index in [1.807, 2.05) is 0 Å². The summed E-state index contributed by atoms with van der Waals surface area (Å²) < 4.78 is -0.514. The van der Waals surface area contributed by atoms with Gasteiger partial charge in [0.05, 0.1) is 4.90 Å². The summed E-state index contributed by atoms with van der Waals surface area (Å²) in [5.41, 5.74) is 0. The van der Waals surface area contributed by atoms with Gasteiger partial charge in [0.15, 0.2) is 0 Å². The van der Waals surface area contributed by atoms with Crippen LogP contribution in [0, 0.1) is 10.1 Å². The van der Waals surface area contributed by atoms with E-state index in [0.29, 0.717) is 16.8 Å². The van der Waals surface area contributed by atoms with Crippen LogP contribution in [-0.4, -0.2) is 4.33 Å². The second-order valence-electron chi connectivity index (χ2n) is 1.79. The summed E-state index contributed by atoms with van der Waals surface area (Å²) in [6.45, 7) is 0. The Balaban J connectivity index is 0.00000121. The predicted octanol–water partition coefficient (Wildman–Crippen LogP) is -1.95. The van der Waals surface area contributed by atoms with E-state index in [1.165, 1.54) is 24.3 Å². The van der Waals surface area contributed by atoms with Crippen molar-refractivity contribution < 1.29 is 39.0 Å². The molecule has 1 rings (SSSR count). The van der Waals surface area contributed by atoms with E-state index >= 15 is 0 Å². The van der Waals surface area contributed by atoms with Gasteiger partial charge in [-0.3, -0.25) is 10.1 Å². The molecule has 0 amide bonds. The molecule has 0 saturated carbocycles. The van der Waals surface area contributed by atoms with Gasteiger partial charge in [-0.05, 0) is 12.1 Å². The fourth-order valence-corrected chi connectivity index (χ4v) is 1.02. The molecule has 0 spiro atoms. The topological polar surface area (TPSA) is 66.2 Å². The number of hydrogen-bond donors (Lipinski definition) is 0. The van der Waals surface area contributed by atoms with Gasteiger partial charge >= 0.3 is 29.6 Å². The SMILES string of the molecule is O=[N+]([O-])Sc1ccc([O-])cc1.[Na+]. The Labute approximate surface area is 95.6 Å². The van der Waals surface area contributed by atoms with E-state index in [1.54, 1.807) is 0 Å². The standard InChI is InChI=1S/C6H5NO3S.Na/c8-5-1-3-6(4-2-5)11-7(9)10;/h1-4,8H;/q;+1/p-1. The van der Waals surface area contributed by atoms with Crippen molar-refractivity contribution in [2.24, 2.45) is 0 Å². The van der Waals surface area contributed by atoms with Crippen molar-refractivity contribution in [1.29, 1.82) is 0 Å². The van der Waals surface area contributed by atoms with Gasteiger partial charge < -0.3 is 5.11 Å². The van der Waals surface area contributed by atoms with Crippen LogP contribution in [0.5, 0.6) is 5.75 Å². The van der Waals surface area contributed by atoms with E-state index < -0.39 is 4.33 Å². The number of rotatable bonds is 2. The van der Waals surface area contributed by atoms with Gasteiger partial charge in [-0.25, -0.2) is 0 Å². The van der Waals surface area contributed by atoms with Crippen LogP contribution in [0.3, 0.4) is 0 Å². The molecule has 0 aliphatic rings. The molecule has 0 aliphatic carbocycles. The Morgan fingerprint density at radius 3 is 2.17 bits per heavy atom. The molecule has 58 valence electrons. The minimum Gasteiger partial charge on any atom is -0.872 e. The fraction of sp³-hybridized carbons (Fsp3) is 0. The minimum absolute atomic E-state index is 0. The van der Waals surface area contributed by atoms with Gasteiger partial charge in [-0.1, -0.05) is 12.1 Å². The maximum Gasteiger partial charge on any atom is 1.00 e. The van der Waals surface area contributed by atoms with Crippen molar-refractivity contribution in [3.8, 4) is 5.75 Å². The third kappa shape index (κ3) is 3.96. The second-order valence-corrected chi connectivity index (χ2v) is 2.74. The molecule has 1 aromatic carbocycles. The average Bonchev–Trinajstić information content (AvgIpc) is 1.93. The molecule has 4 nitrogen and oxygen atoms in total. The quantitative estimate of drug-likeness (QED) is 0.237. The normalized spacial score (nSPS) is 8.67. The zero-order chi connectivity index (χ0) is 8.27. The predicted molar refractivity (Wildman–Crippen MR) is 38.7 cm³/mol. The summed E-state index contributed by atoms with van der Waals surface area (Å²) >= 11 is 0.490. The average molecular weight is 193 g/mol. The van der Waals surface area contributed by atoms with Gasteiger partial charge in [0.25, 0.3) is 11.9 Å². The molecule has 0 saturated heterocycles. The molecule has 12 heavy (non-hydrogen) atoms. The van der Waals surface area contributed by atoms with Crippen molar-refractivity contribution in [2.75, 3.05) is 0 Å². The Hall–Kier alpha value is -0.230. The van der Waals surface area contributed by atoms with Gasteiger partial charge in [0, 0.05) is 0 Å². The van der Waals surface area contributed by atoms with Gasteiger partial charge in [-0.15, -0.1) is 5.75 Å². The van der Waals surface area contributed by atoms with Crippen LogP contribution < -0.4 is 34.7 Å². The molecular formula is C6H4NNaO3S. The van der Waals surface area contributed by atoms with E-state index in [-0.39, 0.29) is 35.3 Å². The van der Waals surface area contributed by atoms with E-state index in [0.717, 1.165) is 0 Å². The van der Waals surface area contributed by atoms with Crippen LogP contribution in [0.1, 0.15) is 0 Å². The molecular weight excluding hydrogens is 189 g/mol. The molecule has 0 fully saturated rings. The Morgan fingerprint density at radius 2 is 1.75 bits per heavy atom. The monoisotopic (exact) mass is 193 g/mol. The molecule has 6 heteroatoms. The zero-order valence-corrected chi connectivity index (χ0v) is 9.21. The van der Waals surface area contributed by atoms with Crippen molar-refractivity contribution >= 4 is 11.9 Å². The number of nitrogens with zero attached hydrogens (tertiary/aromatic N) is 1. The van der Waals surface area contributed by atoms with Crippen LogP contribution in [0.2, 0.25) is 0 Å². The molecule has 0 radical (unpaired) electrons. The molecule has 0 aliphatic heterocycles. The fourth-order valence-electron chi connectivity index (χ4n) is 0.587. The number of benzene rings is 1. The summed E-state index contributed by atoms with van der Waals surface area (Å²) in [6, 6.07) is 5.45. The van der Waals surface area contributed by atoms with E-state index in [2.05, 4.69) is 0 Å². The third-order valence-electron chi connectivity index (χ3n) is 1.00. The Kier molecular flexibility index (Phi) is 5.32. The summed E-state index contributed by atoms with van der Waals surface area (Å²) in [4.78, 5) is 10.4. The maximum absolute atomic E-state index is 10.5. The molecule has 0 bridgehead atoms. The van der Waals surface area contributed by atoms with Crippen LogP contribution >= 0.6 is 11.9 Å². The largest absolute Gasteiger partial charge is 1.00 e. The third-order valence-corrected chi connectivity index (χ3v) is 1.64. The molecule has 0 atom stereocenters. The minimum atomic E-state index is -0.514. The van der Waals surface area contributed by atoms with Gasteiger partial charge in [0.2, 0.25) is 0 Å². The first-order valence-electron chi connectivity index (χ1n) is 2.78. The van der Waals surface area contributed by atoms with E-state index in [4.69, 9.17) is 0 Å². The molecule has 0 aromatic heterocycles. The van der Waals surface area contributed by atoms with Crippen molar-refractivity contribution in [3.63, 3.8) is 0 Å². The maximum atomic E-state index is 10.5. The van der Waals surface area contributed by atoms with Crippen LogP contribution in [0.25, 0.3) is 0 Å². The van der Waals surface area contributed by atoms with Crippen molar-refractivity contribution in [1.82, 2.24) is 0 Å². The van der Waals surface area contributed by atoms with Crippen molar-refractivity contribution in [2.45, 2.75) is 4.90 Å². The van der Waals surface area contributed by atoms with E-state index in [9.17, 15) is 15.2 Å². The zero-order valence-electron chi connectivity index (χ0n) is 6.39. The van der Waals surface area contributed by atoms with Crippen LogP contribution in [0.4, 0.5) is 0 Å². The smallest absolute Gasteiger partial charge is 0.872 e. The molecule has 0 N–H and O–H groups in total. The summed E-state index contributed by atoms with van der Waals surface area (Å²) in [6.07, 6.45) is 0. The Morgan fingerprint density at radius 1 is 1.25 bits per heavy atom. The molecule has 0 heterocycles. The first-order valence-corrected chi connectivity index (χ1v) is 3.55. The first-order chi connectivity index (χ1) is 5.18.